The maximum absolute atomic E-state index is 4.48. The highest BCUT2D eigenvalue weighted by atomic mass is 79.9. The average molecular weight is 373 g/mol. The van der Waals surface area contributed by atoms with Crippen molar-refractivity contribution >= 4 is 37.5 Å². The molecule has 1 aromatic heterocycles. The zero-order valence-corrected chi connectivity index (χ0v) is 13.5. The number of hydrogen-bond donors (Lipinski definition) is 1. The van der Waals surface area contributed by atoms with Gasteiger partial charge in [-0.05, 0) is 54.0 Å². The molecule has 0 radical (unpaired) electrons. The van der Waals surface area contributed by atoms with Crippen LogP contribution in [0.5, 0.6) is 0 Å². The Morgan fingerprint density at radius 2 is 1.89 bits per heavy atom. The molecule has 0 saturated carbocycles. The Balaban J connectivity index is 2.12. The van der Waals surface area contributed by atoms with E-state index in [1.54, 1.807) is 0 Å². The number of anilines is 1. The molecule has 5 heteroatoms. The molecule has 0 amide bonds. The summed E-state index contributed by atoms with van der Waals surface area (Å²) in [7, 11) is 0. The molecule has 0 saturated heterocycles. The minimum absolute atomic E-state index is 0.761. The number of aryl methyl sites for hydroxylation is 2. The molecule has 1 heterocycles. The Bertz CT molecular complexity index is 532. The molecule has 0 fully saturated rings. The molecule has 0 atom stereocenters. The van der Waals surface area contributed by atoms with E-state index in [4.69, 9.17) is 0 Å². The Morgan fingerprint density at radius 3 is 2.50 bits per heavy atom. The van der Waals surface area contributed by atoms with Gasteiger partial charge in [0.15, 0.2) is 0 Å². The van der Waals surface area contributed by atoms with Crippen molar-refractivity contribution in [1.82, 2.24) is 9.78 Å². The highest BCUT2D eigenvalue weighted by Crippen LogP contribution is 2.22. The third-order valence-electron chi connectivity index (χ3n) is 2.76. The minimum atomic E-state index is 0.761. The summed E-state index contributed by atoms with van der Waals surface area (Å²) in [6.07, 6.45) is 0. The van der Waals surface area contributed by atoms with Gasteiger partial charge in [0.1, 0.15) is 0 Å². The Kier molecular flexibility index (Phi) is 4.45. The van der Waals surface area contributed by atoms with E-state index in [-0.39, 0.29) is 0 Å². The average Bonchev–Trinajstić information content (AvgIpc) is 2.65. The van der Waals surface area contributed by atoms with Crippen molar-refractivity contribution < 1.29 is 0 Å². The molecule has 2 aromatic rings. The first kappa shape index (κ1) is 13.6. The first-order valence-electron chi connectivity index (χ1n) is 5.83. The topological polar surface area (TPSA) is 29.9 Å². The molecule has 3 nitrogen and oxygen atoms in total. The van der Waals surface area contributed by atoms with Crippen molar-refractivity contribution in [2.24, 2.45) is 0 Å². The van der Waals surface area contributed by atoms with Crippen molar-refractivity contribution in [2.45, 2.75) is 26.9 Å². The standard InChI is InChI=1S/C13H15Br2N3/c1-3-18-12(13(15)9(2)17-18)8-16-11-6-4-10(14)5-7-11/h4-7,16H,3,8H2,1-2H3. The molecule has 0 aliphatic rings. The summed E-state index contributed by atoms with van der Waals surface area (Å²) in [5.74, 6) is 0. The minimum Gasteiger partial charge on any atom is -0.379 e. The predicted octanol–water partition coefficient (Wildman–Crippen LogP) is 4.35. The molecule has 1 aromatic carbocycles. The van der Waals surface area contributed by atoms with Gasteiger partial charge in [0.25, 0.3) is 0 Å². The molecular formula is C13H15Br2N3. The van der Waals surface area contributed by atoms with E-state index in [1.807, 2.05) is 23.7 Å². The number of halogens is 2. The van der Waals surface area contributed by atoms with Crippen LogP contribution in [0.1, 0.15) is 18.3 Å². The number of nitrogens with one attached hydrogen (secondary N) is 1. The van der Waals surface area contributed by atoms with Gasteiger partial charge in [0, 0.05) is 16.7 Å². The van der Waals surface area contributed by atoms with E-state index in [2.05, 4.69) is 61.3 Å². The van der Waals surface area contributed by atoms with Crippen LogP contribution < -0.4 is 5.32 Å². The number of hydrogen-bond acceptors (Lipinski definition) is 2. The summed E-state index contributed by atoms with van der Waals surface area (Å²) >= 11 is 7.03. The molecular weight excluding hydrogens is 358 g/mol. The van der Waals surface area contributed by atoms with Crippen LogP contribution in [0.15, 0.2) is 33.2 Å². The van der Waals surface area contributed by atoms with Gasteiger partial charge in [-0.1, -0.05) is 15.9 Å². The Hall–Kier alpha value is -0.810. The summed E-state index contributed by atoms with van der Waals surface area (Å²) < 4.78 is 4.20. The van der Waals surface area contributed by atoms with Crippen LogP contribution in [0.3, 0.4) is 0 Å². The number of rotatable bonds is 4. The van der Waals surface area contributed by atoms with Crippen LogP contribution in [-0.4, -0.2) is 9.78 Å². The van der Waals surface area contributed by atoms with Crippen LogP contribution in [0.25, 0.3) is 0 Å². The number of aromatic nitrogens is 2. The van der Waals surface area contributed by atoms with E-state index in [9.17, 15) is 0 Å². The van der Waals surface area contributed by atoms with E-state index >= 15 is 0 Å². The summed E-state index contributed by atoms with van der Waals surface area (Å²) in [6.45, 7) is 5.75. The largest absolute Gasteiger partial charge is 0.379 e. The van der Waals surface area contributed by atoms with Gasteiger partial charge in [-0.15, -0.1) is 0 Å². The third-order valence-corrected chi connectivity index (χ3v) is 4.32. The lowest BCUT2D eigenvalue weighted by atomic mass is 10.3. The van der Waals surface area contributed by atoms with Gasteiger partial charge in [-0.3, -0.25) is 4.68 Å². The second-order valence-electron chi connectivity index (χ2n) is 4.02. The van der Waals surface area contributed by atoms with Crippen LogP contribution >= 0.6 is 31.9 Å². The monoisotopic (exact) mass is 371 g/mol. The molecule has 0 spiro atoms. The van der Waals surface area contributed by atoms with Gasteiger partial charge in [-0.25, -0.2) is 0 Å². The Morgan fingerprint density at radius 1 is 1.22 bits per heavy atom. The van der Waals surface area contributed by atoms with E-state index in [0.717, 1.165) is 33.4 Å². The maximum Gasteiger partial charge on any atom is 0.0739 e. The first-order valence-corrected chi connectivity index (χ1v) is 7.41. The zero-order chi connectivity index (χ0) is 13.1. The number of benzene rings is 1. The molecule has 2 rings (SSSR count). The normalized spacial score (nSPS) is 10.7. The van der Waals surface area contributed by atoms with Gasteiger partial charge < -0.3 is 5.32 Å². The molecule has 0 unspecified atom stereocenters. The Labute approximate surface area is 124 Å². The number of nitrogens with zero attached hydrogens (tertiary/aromatic N) is 2. The molecule has 18 heavy (non-hydrogen) atoms. The van der Waals surface area contributed by atoms with Crippen molar-refractivity contribution in [3.8, 4) is 0 Å². The molecule has 96 valence electrons. The fraction of sp³-hybridized carbons (Fsp3) is 0.308. The smallest absolute Gasteiger partial charge is 0.0739 e. The molecule has 0 aliphatic carbocycles. The fourth-order valence-corrected chi connectivity index (χ4v) is 2.48. The van der Waals surface area contributed by atoms with Crippen molar-refractivity contribution in [3.05, 3.63) is 44.6 Å². The second kappa shape index (κ2) is 5.89. The highest BCUT2D eigenvalue weighted by Gasteiger charge is 2.11. The molecule has 1 N–H and O–H groups in total. The zero-order valence-electron chi connectivity index (χ0n) is 10.4. The third kappa shape index (κ3) is 2.95. The predicted molar refractivity (Wildman–Crippen MR) is 81.8 cm³/mol. The molecule has 0 bridgehead atoms. The fourth-order valence-electron chi connectivity index (χ4n) is 1.79. The van der Waals surface area contributed by atoms with Gasteiger partial charge in [0.2, 0.25) is 0 Å². The van der Waals surface area contributed by atoms with Crippen LogP contribution in [-0.2, 0) is 13.1 Å². The van der Waals surface area contributed by atoms with E-state index in [0.29, 0.717) is 0 Å². The van der Waals surface area contributed by atoms with E-state index < -0.39 is 0 Å². The van der Waals surface area contributed by atoms with Gasteiger partial charge >= 0.3 is 0 Å². The van der Waals surface area contributed by atoms with Crippen molar-refractivity contribution in [1.29, 1.82) is 0 Å². The lowest BCUT2D eigenvalue weighted by molar-refractivity contribution is 0.622. The van der Waals surface area contributed by atoms with Gasteiger partial charge in [-0.2, -0.15) is 5.10 Å². The lowest BCUT2D eigenvalue weighted by Crippen LogP contribution is -2.08. The quantitative estimate of drug-likeness (QED) is 0.864. The van der Waals surface area contributed by atoms with E-state index in [1.165, 1.54) is 5.69 Å². The first-order chi connectivity index (χ1) is 8.61. The summed E-state index contributed by atoms with van der Waals surface area (Å²) in [5, 5.41) is 7.88. The highest BCUT2D eigenvalue weighted by molar-refractivity contribution is 9.10. The summed E-state index contributed by atoms with van der Waals surface area (Å²) in [5.41, 5.74) is 3.31. The van der Waals surface area contributed by atoms with Crippen LogP contribution in [0, 0.1) is 6.92 Å². The second-order valence-corrected chi connectivity index (χ2v) is 5.73. The molecule has 0 aliphatic heterocycles. The summed E-state index contributed by atoms with van der Waals surface area (Å²) in [6, 6.07) is 8.16. The van der Waals surface area contributed by atoms with Gasteiger partial charge in [0.05, 0.1) is 22.4 Å². The van der Waals surface area contributed by atoms with Crippen LogP contribution in [0.4, 0.5) is 5.69 Å². The van der Waals surface area contributed by atoms with Crippen molar-refractivity contribution in [2.75, 3.05) is 5.32 Å². The maximum atomic E-state index is 4.48. The summed E-state index contributed by atoms with van der Waals surface area (Å²) in [4.78, 5) is 0. The SMILES string of the molecule is CCn1nc(C)c(Br)c1CNc1ccc(Br)cc1. The van der Waals surface area contributed by atoms with Crippen molar-refractivity contribution in [3.63, 3.8) is 0 Å². The lowest BCUT2D eigenvalue weighted by Gasteiger charge is -2.09. The van der Waals surface area contributed by atoms with Crippen LogP contribution in [0.2, 0.25) is 0 Å².